The van der Waals surface area contributed by atoms with Crippen molar-refractivity contribution in [2.45, 2.75) is 52.6 Å². The highest BCUT2D eigenvalue weighted by Crippen LogP contribution is 2.39. The van der Waals surface area contributed by atoms with E-state index in [0.717, 1.165) is 35.5 Å². The van der Waals surface area contributed by atoms with Crippen molar-refractivity contribution < 1.29 is 10.0 Å². The smallest absolute Gasteiger partial charge is 0.330 e. The van der Waals surface area contributed by atoms with E-state index in [4.69, 9.17) is 10.7 Å². The summed E-state index contributed by atoms with van der Waals surface area (Å²) < 4.78 is 2.13. The van der Waals surface area contributed by atoms with E-state index in [1.165, 1.54) is 0 Å². The molecule has 0 unspecified atom stereocenters. The molecule has 4 N–H and O–H groups in total. The van der Waals surface area contributed by atoms with E-state index in [1.807, 2.05) is 23.7 Å². The van der Waals surface area contributed by atoms with Crippen molar-refractivity contribution in [3.63, 3.8) is 0 Å². The third-order valence-corrected chi connectivity index (χ3v) is 5.63. The maximum atomic E-state index is 12.7. The second kappa shape index (κ2) is 10.6. The Morgan fingerprint density at radius 3 is 2.62 bits per heavy atom. The number of hydrogen-bond acceptors (Lipinski definition) is 4. The van der Waals surface area contributed by atoms with Gasteiger partial charge in [-0.1, -0.05) is 69.3 Å². The molecule has 0 saturated heterocycles. The Hall–Kier alpha value is -2.90. The lowest BCUT2D eigenvalue weighted by Crippen LogP contribution is -2.47. The molecule has 0 bridgehead atoms. The van der Waals surface area contributed by atoms with Gasteiger partial charge in [-0.25, -0.2) is 15.3 Å². The summed E-state index contributed by atoms with van der Waals surface area (Å²) in [6, 6.07) is 9.29. The molecule has 1 heterocycles. The van der Waals surface area contributed by atoms with Crippen LogP contribution in [0, 0.1) is 5.41 Å². The van der Waals surface area contributed by atoms with Crippen molar-refractivity contribution >= 4 is 11.6 Å². The quantitative estimate of drug-likeness (QED) is 0.418. The van der Waals surface area contributed by atoms with Crippen molar-refractivity contribution in [2.75, 3.05) is 13.1 Å². The standard InChI is InChI=1S/C25H35N5O2/c1-25(2,3)22(30(16-10-15-26)24(31)28-32)23-27-21(20-13-8-5-9-14-20)18-29(23)17-19-11-6-4-7-12-19/h4,6-8,11-14,18,22,32H,5,9-10,15-17,26H2,1-3H3,(H,28,31)/t22-/m0/s1. The molecule has 0 fully saturated rings. The second-order valence-corrected chi connectivity index (χ2v) is 9.26. The number of hydrogen-bond donors (Lipinski definition) is 3. The molecule has 1 atom stereocenters. The predicted molar refractivity (Wildman–Crippen MR) is 127 cm³/mol. The Labute approximate surface area is 190 Å². The van der Waals surface area contributed by atoms with Gasteiger partial charge in [-0.2, -0.15) is 0 Å². The van der Waals surface area contributed by atoms with Crippen LogP contribution in [0.1, 0.15) is 63.2 Å². The molecule has 1 aromatic heterocycles. The van der Waals surface area contributed by atoms with Crippen LogP contribution in [0.25, 0.3) is 5.57 Å². The molecule has 1 aliphatic rings. The Balaban J connectivity index is 2.12. The summed E-state index contributed by atoms with van der Waals surface area (Å²) in [5, 5.41) is 9.46. The summed E-state index contributed by atoms with van der Waals surface area (Å²) in [7, 11) is 0. The minimum atomic E-state index is -0.550. The molecule has 0 spiro atoms. The van der Waals surface area contributed by atoms with Crippen LogP contribution in [0.2, 0.25) is 0 Å². The molecule has 2 aromatic rings. The summed E-state index contributed by atoms with van der Waals surface area (Å²) in [4.78, 5) is 19.4. The normalized spacial score (nSPS) is 14.7. The number of nitrogens with two attached hydrogens (primary N) is 1. The molecule has 0 aliphatic heterocycles. The molecule has 0 radical (unpaired) electrons. The Bertz CT molecular complexity index is 956. The second-order valence-electron chi connectivity index (χ2n) is 9.26. The SMILES string of the molecule is CC(C)(C)[C@H](c1nc(C2=CCCC=C2)cn1Cc1ccccc1)N(CCCN)C(=O)NO. The number of urea groups is 1. The lowest BCUT2D eigenvalue weighted by molar-refractivity contribution is 0.0763. The number of imidazole rings is 1. The number of rotatable bonds is 8. The first-order chi connectivity index (χ1) is 15.3. The molecular formula is C25H35N5O2. The number of allylic oxidation sites excluding steroid dienone is 4. The highest BCUT2D eigenvalue weighted by molar-refractivity contribution is 5.74. The summed E-state index contributed by atoms with van der Waals surface area (Å²) in [6.07, 6.45) is 11.2. The summed E-state index contributed by atoms with van der Waals surface area (Å²) in [5.41, 5.74) is 10.4. The van der Waals surface area contributed by atoms with Gasteiger partial charge in [0.1, 0.15) is 5.82 Å². The third kappa shape index (κ3) is 5.66. The van der Waals surface area contributed by atoms with E-state index < -0.39 is 6.03 Å². The number of amides is 2. The van der Waals surface area contributed by atoms with Crippen molar-refractivity contribution in [2.24, 2.45) is 11.1 Å². The highest BCUT2D eigenvalue weighted by atomic mass is 16.5. The van der Waals surface area contributed by atoms with Crippen LogP contribution < -0.4 is 11.2 Å². The zero-order valence-corrected chi connectivity index (χ0v) is 19.3. The topological polar surface area (TPSA) is 96.4 Å². The van der Waals surface area contributed by atoms with Gasteiger partial charge in [0.15, 0.2) is 0 Å². The van der Waals surface area contributed by atoms with Crippen LogP contribution in [-0.2, 0) is 6.54 Å². The lowest BCUT2D eigenvalue weighted by Gasteiger charge is -2.39. The zero-order chi connectivity index (χ0) is 23.1. The molecule has 7 nitrogen and oxygen atoms in total. The predicted octanol–water partition coefficient (Wildman–Crippen LogP) is 4.50. The van der Waals surface area contributed by atoms with E-state index in [2.05, 4.69) is 61.9 Å². The minimum absolute atomic E-state index is 0.338. The first-order valence-electron chi connectivity index (χ1n) is 11.2. The number of benzene rings is 1. The summed E-state index contributed by atoms with van der Waals surface area (Å²) >= 11 is 0. The monoisotopic (exact) mass is 437 g/mol. The van der Waals surface area contributed by atoms with Crippen LogP contribution in [-0.4, -0.2) is 38.8 Å². The fourth-order valence-corrected chi connectivity index (χ4v) is 4.17. The Morgan fingerprint density at radius 1 is 1.28 bits per heavy atom. The van der Waals surface area contributed by atoms with Gasteiger partial charge in [-0.15, -0.1) is 0 Å². The fourth-order valence-electron chi connectivity index (χ4n) is 4.17. The van der Waals surface area contributed by atoms with E-state index in [0.29, 0.717) is 26.1 Å². The average Bonchev–Trinajstić information content (AvgIpc) is 3.19. The molecular weight excluding hydrogens is 402 g/mol. The summed E-state index contributed by atoms with van der Waals surface area (Å²) in [5.74, 6) is 0.789. The number of nitrogens with zero attached hydrogens (tertiary/aromatic N) is 3. The minimum Gasteiger partial charge on any atom is -0.330 e. The molecule has 3 rings (SSSR count). The van der Waals surface area contributed by atoms with Crippen molar-refractivity contribution in [1.82, 2.24) is 19.9 Å². The van der Waals surface area contributed by atoms with E-state index >= 15 is 0 Å². The third-order valence-electron chi connectivity index (χ3n) is 5.63. The van der Waals surface area contributed by atoms with Crippen molar-refractivity contribution in [1.29, 1.82) is 0 Å². The van der Waals surface area contributed by atoms with Gasteiger partial charge in [0, 0.05) is 19.3 Å². The number of carbonyl (C=O) groups excluding carboxylic acids is 1. The van der Waals surface area contributed by atoms with E-state index in [9.17, 15) is 10.0 Å². The van der Waals surface area contributed by atoms with Crippen molar-refractivity contribution in [3.8, 4) is 0 Å². The molecule has 32 heavy (non-hydrogen) atoms. The van der Waals surface area contributed by atoms with Gasteiger partial charge in [-0.3, -0.25) is 5.21 Å². The van der Waals surface area contributed by atoms with Crippen LogP contribution >= 0.6 is 0 Å². The largest absolute Gasteiger partial charge is 0.341 e. The highest BCUT2D eigenvalue weighted by Gasteiger charge is 2.38. The Kier molecular flexibility index (Phi) is 7.88. The molecule has 172 valence electrons. The van der Waals surface area contributed by atoms with E-state index in [1.54, 1.807) is 4.90 Å². The van der Waals surface area contributed by atoms with Gasteiger partial charge in [0.05, 0.1) is 11.7 Å². The number of carbonyl (C=O) groups is 1. The van der Waals surface area contributed by atoms with E-state index in [-0.39, 0.29) is 11.5 Å². The molecule has 1 aromatic carbocycles. The van der Waals surface area contributed by atoms with Gasteiger partial charge < -0.3 is 15.2 Å². The molecule has 2 amide bonds. The van der Waals surface area contributed by atoms with Gasteiger partial charge in [-0.05, 0) is 42.4 Å². The maximum absolute atomic E-state index is 12.7. The fraction of sp³-hybridized carbons (Fsp3) is 0.440. The first-order valence-corrected chi connectivity index (χ1v) is 11.2. The van der Waals surface area contributed by atoms with Gasteiger partial charge in [0.25, 0.3) is 0 Å². The van der Waals surface area contributed by atoms with Gasteiger partial charge in [0.2, 0.25) is 0 Å². The summed E-state index contributed by atoms with van der Waals surface area (Å²) in [6.45, 7) is 7.75. The number of hydroxylamine groups is 1. The van der Waals surface area contributed by atoms with Crippen LogP contribution in [0.4, 0.5) is 4.79 Å². The lowest BCUT2D eigenvalue weighted by atomic mass is 9.84. The Morgan fingerprint density at radius 2 is 2.03 bits per heavy atom. The first kappa shape index (κ1) is 23.8. The number of aromatic nitrogens is 2. The molecule has 1 aliphatic carbocycles. The van der Waals surface area contributed by atoms with Crippen LogP contribution in [0.3, 0.4) is 0 Å². The van der Waals surface area contributed by atoms with Crippen LogP contribution in [0.5, 0.6) is 0 Å². The zero-order valence-electron chi connectivity index (χ0n) is 19.3. The molecule has 0 saturated carbocycles. The maximum Gasteiger partial charge on any atom is 0.341 e. The van der Waals surface area contributed by atoms with Crippen LogP contribution in [0.15, 0.2) is 54.8 Å². The molecule has 7 heteroatoms. The van der Waals surface area contributed by atoms with Crippen molar-refractivity contribution in [3.05, 3.63) is 71.8 Å². The average molecular weight is 438 g/mol. The number of nitrogens with one attached hydrogen (secondary N) is 1. The van der Waals surface area contributed by atoms with Gasteiger partial charge >= 0.3 is 6.03 Å².